The molecular weight excluding hydrogens is 232 g/mol. The monoisotopic (exact) mass is 268 g/mol. The van der Waals surface area contributed by atoms with E-state index in [0.717, 1.165) is 24.4 Å². The molecule has 0 amide bonds. The van der Waals surface area contributed by atoms with Gasteiger partial charge in [0, 0.05) is 12.6 Å². The summed E-state index contributed by atoms with van der Waals surface area (Å²) in [7, 11) is 0. The van der Waals surface area contributed by atoms with Crippen molar-refractivity contribution in [3.05, 3.63) is 0 Å². The largest absolute Gasteiger partial charge is 0.330 e. The van der Waals surface area contributed by atoms with Gasteiger partial charge in [-0.3, -0.25) is 0 Å². The van der Waals surface area contributed by atoms with Crippen LogP contribution < -0.4 is 5.73 Å². The molecule has 1 fully saturated rings. The number of hydrogen-bond acceptors (Lipinski definition) is 2. The first-order valence-electron chi connectivity index (χ1n) is 8.28. The molecule has 2 heteroatoms. The molecule has 1 aliphatic rings. The Morgan fingerprint density at radius 1 is 1.16 bits per heavy atom. The van der Waals surface area contributed by atoms with Crippen molar-refractivity contribution in [2.75, 3.05) is 19.6 Å². The summed E-state index contributed by atoms with van der Waals surface area (Å²) in [5, 5.41) is 0. The lowest BCUT2D eigenvalue weighted by molar-refractivity contribution is 0.183. The summed E-state index contributed by atoms with van der Waals surface area (Å²) < 4.78 is 0. The van der Waals surface area contributed by atoms with Crippen molar-refractivity contribution in [3.8, 4) is 0 Å². The summed E-state index contributed by atoms with van der Waals surface area (Å²) in [6.07, 6.45) is 6.71. The topological polar surface area (TPSA) is 29.3 Å². The van der Waals surface area contributed by atoms with E-state index in [9.17, 15) is 0 Å². The minimum absolute atomic E-state index is 0.405. The first kappa shape index (κ1) is 17.0. The predicted molar refractivity (Wildman–Crippen MR) is 85.3 cm³/mol. The van der Waals surface area contributed by atoms with E-state index in [4.69, 9.17) is 5.73 Å². The third-order valence-electron chi connectivity index (χ3n) is 4.40. The van der Waals surface area contributed by atoms with Gasteiger partial charge in [-0.15, -0.1) is 0 Å². The highest BCUT2D eigenvalue weighted by molar-refractivity contribution is 4.85. The average Bonchev–Trinajstić information content (AvgIpc) is 3.08. The van der Waals surface area contributed by atoms with Crippen molar-refractivity contribution in [3.63, 3.8) is 0 Å². The maximum absolute atomic E-state index is 5.77. The first-order valence-corrected chi connectivity index (χ1v) is 8.28. The van der Waals surface area contributed by atoms with E-state index in [1.165, 1.54) is 45.2 Å². The number of nitrogens with two attached hydrogens (primary N) is 1. The summed E-state index contributed by atoms with van der Waals surface area (Å²) in [5.74, 6) is 1.57. The summed E-state index contributed by atoms with van der Waals surface area (Å²) in [5.41, 5.74) is 6.18. The molecule has 0 aromatic carbocycles. The molecular formula is C17H36N2. The zero-order valence-corrected chi connectivity index (χ0v) is 13.9. The third kappa shape index (κ3) is 6.76. The van der Waals surface area contributed by atoms with Crippen LogP contribution in [-0.2, 0) is 0 Å². The highest BCUT2D eigenvalue weighted by Gasteiger charge is 2.29. The average molecular weight is 268 g/mol. The number of hydrogen-bond donors (Lipinski definition) is 1. The van der Waals surface area contributed by atoms with Crippen molar-refractivity contribution in [1.82, 2.24) is 4.90 Å². The molecule has 0 aliphatic heterocycles. The van der Waals surface area contributed by atoms with Gasteiger partial charge in [0.1, 0.15) is 0 Å². The number of nitrogens with zero attached hydrogens (tertiary/aromatic N) is 1. The SMILES string of the molecule is CC(C)CN(CCCC(CCN)C(C)(C)C)C1CC1. The molecule has 0 heterocycles. The van der Waals surface area contributed by atoms with E-state index >= 15 is 0 Å². The smallest absolute Gasteiger partial charge is 0.00965 e. The second-order valence-corrected chi connectivity index (χ2v) is 7.90. The van der Waals surface area contributed by atoms with Crippen LogP contribution in [0, 0.1) is 17.3 Å². The van der Waals surface area contributed by atoms with E-state index in [-0.39, 0.29) is 0 Å². The van der Waals surface area contributed by atoms with Crippen LogP contribution in [-0.4, -0.2) is 30.6 Å². The highest BCUT2D eigenvalue weighted by atomic mass is 15.2. The molecule has 1 saturated carbocycles. The Hall–Kier alpha value is -0.0800. The van der Waals surface area contributed by atoms with Gasteiger partial charge in [-0.2, -0.15) is 0 Å². The predicted octanol–water partition coefficient (Wildman–Crippen LogP) is 3.90. The van der Waals surface area contributed by atoms with Crippen LogP contribution >= 0.6 is 0 Å². The van der Waals surface area contributed by atoms with Gasteiger partial charge >= 0.3 is 0 Å². The van der Waals surface area contributed by atoms with Crippen molar-refractivity contribution >= 4 is 0 Å². The van der Waals surface area contributed by atoms with E-state index in [1.807, 2.05) is 0 Å². The van der Waals surface area contributed by atoms with E-state index < -0.39 is 0 Å². The van der Waals surface area contributed by atoms with Gasteiger partial charge in [-0.05, 0) is 62.4 Å². The second-order valence-electron chi connectivity index (χ2n) is 7.90. The molecule has 19 heavy (non-hydrogen) atoms. The lowest BCUT2D eigenvalue weighted by Crippen LogP contribution is -2.32. The third-order valence-corrected chi connectivity index (χ3v) is 4.40. The van der Waals surface area contributed by atoms with E-state index in [0.29, 0.717) is 5.41 Å². The molecule has 1 atom stereocenters. The zero-order chi connectivity index (χ0) is 14.5. The summed E-state index contributed by atoms with van der Waals surface area (Å²) in [6, 6.07) is 0.907. The Morgan fingerprint density at radius 3 is 2.21 bits per heavy atom. The molecule has 2 nitrogen and oxygen atoms in total. The van der Waals surface area contributed by atoms with Gasteiger partial charge in [0.25, 0.3) is 0 Å². The van der Waals surface area contributed by atoms with Crippen molar-refractivity contribution in [2.24, 2.45) is 23.0 Å². The Labute approximate surface area is 121 Å². The van der Waals surface area contributed by atoms with E-state index in [1.54, 1.807) is 0 Å². The van der Waals surface area contributed by atoms with Gasteiger partial charge in [-0.1, -0.05) is 34.6 Å². The van der Waals surface area contributed by atoms with Gasteiger partial charge < -0.3 is 10.6 Å². The van der Waals surface area contributed by atoms with Crippen molar-refractivity contribution in [2.45, 2.75) is 72.8 Å². The lowest BCUT2D eigenvalue weighted by Gasteiger charge is -2.32. The lowest BCUT2D eigenvalue weighted by atomic mass is 9.76. The fraction of sp³-hybridized carbons (Fsp3) is 1.00. The summed E-state index contributed by atoms with van der Waals surface area (Å²) >= 11 is 0. The summed E-state index contributed by atoms with van der Waals surface area (Å²) in [6.45, 7) is 15.2. The molecule has 2 N–H and O–H groups in total. The van der Waals surface area contributed by atoms with Gasteiger partial charge in [0.05, 0.1) is 0 Å². The molecule has 0 aromatic heterocycles. The fourth-order valence-corrected chi connectivity index (χ4v) is 3.08. The Morgan fingerprint density at radius 2 is 1.79 bits per heavy atom. The summed E-state index contributed by atoms with van der Waals surface area (Å²) in [4.78, 5) is 2.73. The number of rotatable bonds is 9. The van der Waals surface area contributed by atoms with Gasteiger partial charge in [0.2, 0.25) is 0 Å². The highest BCUT2D eigenvalue weighted by Crippen LogP contribution is 2.33. The zero-order valence-electron chi connectivity index (χ0n) is 13.9. The van der Waals surface area contributed by atoms with Crippen LogP contribution in [0.25, 0.3) is 0 Å². The van der Waals surface area contributed by atoms with Gasteiger partial charge in [-0.25, -0.2) is 0 Å². The minimum atomic E-state index is 0.405. The second kappa shape index (κ2) is 7.64. The van der Waals surface area contributed by atoms with Crippen LogP contribution in [0.1, 0.15) is 66.7 Å². The molecule has 0 spiro atoms. The van der Waals surface area contributed by atoms with Crippen LogP contribution in [0.15, 0.2) is 0 Å². The molecule has 0 bridgehead atoms. The molecule has 1 unspecified atom stereocenters. The Balaban J connectivity index is 2.32. The quantitative estimate of drug-likeness (QED) is 0.687. The van der Waals surface area contributed by atoms with Gasteiger partial charge in [0.15, 0.2) is 0 Å². The minimum Gasteiger partial charge on any atom is -0.330 e. The van der Waals surface area contributed by atoms with Crippen LogP contribution in [0.5, 0.6) is 0 Å². The molecule has 0 saturated heterocycles. The molecule has 0 aromatic rings. The maximum Gasteiger partial charge on any atom is 0.00965 e. The van der Waals surface area contributed by atoms with E-state index in [2.05, 4.69) is 39.5 Å². The maximum atomic E-state index is 5.77. The van der Waals surface area contributed by atoms with Crippen molar-refractivity contribution < 1.29 is 0 Å². The molecule has 1 rings (SSSR count). The molecule has 0 radical (unpaired) electrons. The van der Waals surface area contributed by atoms with Crippen molar-refractivity contribution in [1.29, 1.82) is 0 Å². The van der Waals surface area contributed by atoms with Crippen LogP contribution in [0.2, 0.25) is 0 Å². The fourth-order valence-electron chi connectivity index (χ4n) is 3.08. The Bertz CT molecular complexity index is 238. The standard InChI is InChI=1S/C17H36N2/c1-14(2)13-19(16-8-9-16)12-6-7-15(10-11-18)17(3,4)5/h14-16H,6-13,18H2,1-5H3. The first-order chi connectivity index (χ1) is 8.84. The normalized spacial score (nSPS) is 18.3. The van der Waals surface area contributed by atoms with Crippen LogP contribution in [0.3, 0.4) is 0 Å². The Kier molecular flexibility index (Phi) is 6.82. The molecule has 114 valence electrons. The van der Waals surface area contributed by atoms with Crippen LogP contribution in [0.4, 0.5) is 0 Å². The molecule has 1 aliphatic carbocycles.